The van der Waals surface area contributed by atoms with Gasteiger partial charge in [-0.1, -0.05) is 32.0 Å². The number of H-pyrrole nitrogens is 1. The van der Waals surface area contributed by atoms with E-state index in [4.69, 9.17) is 11.1 Å². The van der Waals surface area contributed by atoms with Crippen LogP contribution < -0.4 is 5.73 Å². The molecule has 0 saturated heterocycles. The minimum absolute atomic E-state index is 0.164. The van der Waals surface area contributed by atoms with Crippen molar-refractivity contribution in [2.24, 2.45) is 5.92 Å². The monoisotopic (exact) mass is 464 g/mol. The Morgan fingerprint density at radius 2 is 1.80 bits per heavy atom. The fraction of sp³-hybridized carbons (Fsp3) is 0.143. The summed E-state index contributed by atoms with van der Waals surface area (Å²) in [6, 6.07) is 14.1. The third-order valence-electron chi connectivity index (χ3n) is 5.86. The molecule has 0 radical (unpaired) electrons. The van der Waals surface area contributed by atoms with E-state index in [1.807, 2.05) is 30.6 Å². The van der Waals surface area contributed by atoms with Gasteiger partial charge in [-0.25, -0.2) is 9.37 Å². The van der Waals surface area contributed by atoms with Crippen LogP contribution in [0.2, 0.25) is 0 Å². The normalized spacial score (nSPS) is 11.3. The molecule has 0 aliphatic rings. The van der Waals surface area contributed by atoms with E-state index >= 15 is 0 Å². The average molecular weight is 465 g/mol. The van der Waals surface area contributed by atoms with E-state index in [2.05, 4.69) is 39.8 Å². The van der Waals surface area contributed by atoms with Gasteiger partial charge in [0.1, 0.15) is 11.5 Å². The number of fused-ring (bicyclic) bond motifs is 1. The first kappa shape index (κ1) is 22.4. The first-order chi connectivity index (χ1) is 16.9. The lowest BCUT2D eigenvalue weighted by molar-refractivity contribution is 0.628. The molecule has 2 aromatic carbocycles. The van der Waals surface area contributed by atoms with Gasteiger partial charge in [0.2, 0.25) is 0 Å². The summed E-state index contributed by atoms with van der Waals surface area (Å²) in [6.45, 7) is 4.36. The van der Waals surface area contributed by atoms with Crippen LogP contribution >= 0.6 is 0 Å². The van der Waals surface area contributed by atoms with Gasteiger partial charge >= 0.3 is 0 Å². The van der Waals surface area contributed by atoms with Gasteiger partial charge in [0, 0.05) is 41.0 Å². The van der Waals surface area contributed by atoms with Crippen molar-refractivity contribution < 1.29 is 4.39 Å². The van der Waals surface area contributed by atoms with E-state index in [0.717, 1.165) is 17.5 Å². The Morgan fingerprint density at radius 1 is 0.971 bits per heavy atom. The predicted octanol–water partition coefficient (Wildman–Crippen LogP) is 6.02. The lowest BCUT2D eigenvalue weighted by atomic mass is 9.97. The van der Waals surface area contributed by atoms with E-state index < -0.39 is 0 Å². The molecule has 3 aromatic heterocycles. The zero-order valence-electron chi connectivity index (χ0n) is 19.5. The first-order valence-electron chi connectivity index (χ1n) is 11.4. The summed E-state index contributed by atoms with van der Waals surface area (Å²) >= 11 is 0. The number of nitrogen functional groups attached to an aromatic ring is 1. The minimum Gasteiger partial charge on any atom is -0.398 e. The number of nitrogens with one attached hydrogen (secondary N) is 2. The summed E-state index contributed by atoms with van der Waals surface area (Å²) in [6.07, 6.45) is 7.95. The molecule has 0 aliphatic heterocycles. The number of imidazole rings is 1. The van der Waals surface area contributed by atoms with Gasteiger partial charge in [-0.15, -0.1) is 0 Å². The van der Waals surface area contributed by atoms with Crippen LogP contribution in [0.5, 0.6) is 0 Å². The number of aromatic nitrogens is 4. The largest absolute Gasteiger partial charge is 0.398 e. The number of nitrogens with zero attached hydrogens (tertiary/aromatic N) is 3. The smallest absolute Gasteiger partial charge is 0.157 e. The molecule has 0 amide bonds. The lowest BCUT2D eigenvalue weighted by Gasteiger charge is -2.11. The van der Waals surface area contributed by atoms with Gasteiger partial charge in [-0.3, -0.25) is 15.4 Å². The van der Waals surface area contributed by atoms with Crippen molar-refractivity contribution in [3.63, 3.8) is 0 Å². The molecule has 174 valence electrons. The number of aromatic amines is 1. The topological polar surface area (TPSA) is 104 Å². The van der Waals surface area contributed by atoms with Crippen molar-refractivity contribution in [1.82, 2.24) is 19.9 Å². The van der Waals surface area contributed by atoms with Crippen LogP contribution in [0, 0.1) is 17.1 Å². The van der Waals surface area contributed by atoms with Gasteiger partial charge < -0.3 is 10.7 Å². The highest BCUT2D eigenvalue weighted by molar-refractivity contribution is 6.13. The van der Waals surface area contributed by atoms with E-state index in [9.17, 15) is 4.39 Å². The Bertz CT molecular complexity index is 1550. The Labute approximate surface area is 202 Å². The molecule has 0 saturated carbocycles. The lowest BCUT2D eigenvalue weighted by Crippen LogP contribution is -2.07. The fourth-order valence-electron chi connectivity index (χ4n) is 4.23. The van der Waals surface area contributed by atoms with Crippen molar-refractivity contribution in [2.75, 3.05) is 5.73 Å². The minimum atomic E-state index is -0.334. The second-order valence-corrected chi connectivity index (χ2v) is 9.04. The summed E-state index contributed by atoms with van der Waals surface area (Å²) in [5.41, 5.74) is 13.2. The number of hydrogen-bond donors (Lipinski definition) is 3. The van der Waals surface area contributed by atoms with Crippen LogP contribution in [0.3, 0.4) is 0 Å². The number of pyridine rings is 2. The van der Waals surface area contributed by atoms with Gasteiger partial charge in [0.05, 0.1) is 17.2 Å². The third-order valence-corrected chi connectivity index (χ3v) is 5.86. The van der Waals surface area contributed by atoms with Crippen LogP contribution in [0.25, 0.3) is 33.3 Å². The summed E-state index contributed by atoms with van der Waals surface area (Å²) in [5.74, 6) is 0.558. The van der Waals surface area contributed by atoms with E-state index in [0.29, 0.717) is 45.2 Å². The van der Waals surface area contributed by atoms with Crippen molar-refractivity contribution >= 4 is 22.4 Å². The molecule has 4 N–H and O–H groups in total. The Morgan fingerprint density at radius 3 is 2.60 bits per heavy atom. The van der Waals surface area contributed by atoms with Crippen molar-refractivity contribution in [2.45, 2.75) is 20.3 Å². The van der Waals surface area contributed by atoms with Crippen LogP contribution in [0.4, 0.5) is 10.1 Å². The average Bonchev–Trinajstić information content (AvgIpc) is 3.28. The molecular weight excluding hydrogens is 439 g/mol. The quantitative estimate of drug-likeness (QED) is 0.211. The second-order valence-electron chi connectivity index (χ2n) is 9.04. The molecule has 5 rings (SSSR count). The van der Waals surface area contributed by atoms with Crippen molar-refractivity contribution in [1.29, 1.82) is 5.41 Å². The van der Waals surface area contributed by atoms with Crippen LogP contribution in [-0.4, -0.2) is 25.6 Å². The number of rotatable bonds is 6. The highest BCUT2D eigenvalue weighted by Gasteiger charge is 2.17. The summed E-state index contributed by atoms with van der Waals surface area (Å²) in [5, 5.41) is 8.88. The highest BCUT2D eigenvalue weighted by Crippen LogP contribution is 2.29. The maximum absolute atomic E-state index is 13.8. The molecule has 6 nitrogen and oxygen atoms in total. The Balaban J connectivity index is 1.54. The molecule has 0 bridgehead atoms. The molecular formula is C28H25FN6. The van der Waals surface area contributed by atoms with Crippen LogP contribution in [0.1, 0.15) is 30.8 Å². The zero-order chi connectivity index (χ0) is 24.5. The molecule has 3 heterocycles. The number of hydrogen-bond acceptors (Lipinski definition) is 5. The van der Waals surface area contributed by atoms with Crippen LogP contribution in [-0.2, 0) is 6.42 Å². The van der Waals surface area contributed by atoms with Gasteiger partial charge in [0.15, 0.2) is 5.82 Å². The number of benzene rings is 2. The highest BCUT2D eigenvalue weighted by atomic mass is 19.1. The maximum atomic E-state index is 13.8. The second kappa shape index (κ2) is 9.10. The predicted molar refractivity (Wildman–Crippen MR) is 138 cm³/mol. The fourth-order valence-corrected chi connectivity index (χ4v) is 4.23. The van der Waals surface area contributed by atoms with Gasteiger partial charge in [-0.2, -0.15) is 0 Å². The number of nitrogens with two attached hydrogens (primary N) is 1. The molecule has 35 heavy (non-hydrogen) atoms. The van der Waals surface area contributed by atoms with E-state index in [1.54, 1.807) is 24.5 Å². The molecule has 0 atom stereocenters. The van der Waals surface area contributed by atoms with E-state index in [1.165, 1.54) is 17.7 Å². The zero-order valence-corrected chi connectivity index (χ0v) is 19.5. The molecule has 0 spiro atoms. The Hall–Kier alpha value is -4.39. The first-order valence-corrected chi connectivity index (χ1v) is 11.4. The molecule has 0 unspecified atom stereocenters. The van der Waals surface area contributed by atoms with Crippen molar-refractivity contribution in [3.8, 4) is 22.3 Å². The summed E-state index contributed by atoms with van der Waals surface area (Å²) in [7, 11) is 0. The van der Waals surface area contributed by atoms with E-state index in [-0.39, 0.29) is 11.5 Å². The summed E-state index contributed by atoms with van der Waals surface area (Å²) < 4.78 is 13.8. The molecule has 0 fully saturated rings. The number of halogens is 1. The summed E-state index contributed by atoms with van der Waals surface area (Å²) in [4.78, 5) is 16.5. The third kappa shape index (κ3) is 4.53. The Kier molecular flexibility index (Phi) is 5.82. The van der Waals surface area contributed by atoms with Gasteiger partial charge in [0.25, 0.3) is 0 Å². The standard InChI is InChI=1S/C28H25FN6/c1-16(2)8-17-9-20(13-32-12-17)18-6-7-24(30)22(11-18)26(31)28-34-25-15-33-14-23(27(25)35-28)19-4-3-5-21(29)10-19/h3-7,9-16,31H,8,30H2,1-2H3,(H,34,35). The maximum Gasteiger partial charge on any atom is 0.157 e. The van der Waals surface area contributed by atoms with Gasteiger partial charge in [-0.05, 0) is 59.4 Å². The van der Waals surface area contributed by atoms with Crippen molar-refractivity contribution in [3.05, 3.63) is 96.1 Å². The molecule has 5 aromatic rings. The molecule has 7 heteroatoms. The number of anilines is 1. The van der Waals surface area contributed by atoms with Crippen LogP contribution in [0.15, 0.2) is 73.3 Å². The SMILES string of the molecule is CC(C)Cc1cncc(-c2ccc(N)c(C(=N)c3nc4c(-c5cccc(F)c5)cncc4[nH]3)c2)c1. The molecule has 0 aliphatic carbocycles.